The van der Waals surface area contributed by atoms with Gasteiger partial charge in [-0.2, -0.15) is 18.6 Å². The van der Waals surface area contributed by atoms with Crippen molar-refractivity contribution >= 4 is 103 Å². The van der Waals surface area contributed by atoms with Gasteiger partial charge in [0.1, 0.15) is 41.1 Å². The fourth-order valence-corrected chi connectivity index (χ4v) is 11.2. The summed E-state index contributed by atoms with van der Waals surface area (Å²) >= 11 is 0. The Bertz CT molecular complexity index is 3440. The lowest BCUT2D eigenvalue weighted by Gasteiger charge is -2.27. The highest BCUT2D eigenvalue weighted by atomic mass is 32.2. The van der Waals surface area contributed by atoms with E-state index in [0.29, 0.717) is 54.6 Å². The lowest BCUT2D eigenvalue weighted by Crippen LogP contribution is -2.58. The first-order valence-corrected chi connectivity index (χ1v) is 32.2. The summed E-state index contributed by atoms with van der Waals surface area (Å²) in [5.41, 5.74) is 25.6. The maximum atomic E-state index is 14.2. The van der Waals surface area contributed by atoms with Gasteiger partial charge < -0.3 is 74.1 Å². The van der Waals surface area contributed by atoms with Crippen LogP contribution in [0.3, 0.4) is 0 Å². The molecule has 0 spiro atoms. The van der Waals surface area contributed by atoms with Crippen molar-refractivity contribution < 1.29 is 65.3 Å². The van der Waals surface area contributed by atoms with Crippen molar-refractivity contribution in [3.05, 3.63) is 96.1 Å². The topological polar surface area (TPSA) is 451 Å². The summed E-state index contributed by atoms with van der Waals surface area (Å²) in [7, 11) is -0.911. The van der Waals surface area contributed by atoms with Crippen molar-refractivity contribution in [2.75, 3.05) is 51.7 Å². The SMILES string of the molecule is CC(C)C[C@H](NC(=O)CNC(=O)[C@H](CCC(N)=O)NC(=O)[C@@H]1CCCN1C(=O)CCCNC(=O)c1ccc(N=Nc2ccc(N(C)C)cc2)cc1)C(=O)N[C@@H](CCC(=O)OS(=O)(=O)c1cccc2c(CCN)cccc12)C(=O)N[C@@H](C)C(=O)N[C@@H](CCCCN)C(N)=O. The molecule has 0 aliphatic carbocycles. The molecule has 1 aliphatic heterocycles. The summed E-state index contributed by atoms with van der Waals surface area (Å²) in [4.78, 5) is 150. The van der Waals surface area contributed by atoms with Crippen LogP contribution >= 0.6 is 0 Å². The summed E-state index contributed by atoms with van der Waals surface area (Å²) in [5.74, 6) is -9.42. The highest BCUT2D eigenvalue weighted by molar-refractivity contribution is 7.87. The molecular weight excluding hydrogens is 1220 g/mol. The van der Waals surface area contributed by atoms with Crippen LogP contribution in [0.1, 0.15) is 114 Å². The Morgan fingerprint density at radius 1 is 0.645 bits per heavy atom. The third-order valence-electron chi connectivity index (χ3n) is 15.1. The number of carbonyl (C=O) groups is 11. The molecule has 0 unspecified atom stereocenters. The van der Waals surface area contributed by atoms with Gasteiger partial charge in [0.05, 0.1) is 17.9 Å². The van der Waals surface area contributed by atoms with Crippen LogP contribution in [-0.4, -0.2) is 161 Å². The lowest BCUT2D eigenvalue weighted by atomic mass is 10.0. The minimum atomic E-state index is -4.78. The molecule has 4 aromatic rings. The third kappa shape index (κ3) is 23.6. The molecule has 10 amide bonds. The Hall–Kier alpha value is -9.42. The number of nitrogens with one attached hydrogen (secondary N) is 7. The Morgan fingerprint density at radius 3 is 1.90 bits per heavy atom. The Kier molecular flexibility index (Phi) is 29.2. The van der Waals surface area contributed by atoms with E-state index in [1.807, 2.05) is 43.3 Å². The van der Waals surface area contributed by atoms with E-state index in [1.54, 1.807) is 56.3 Å². The van der Waals surface area contributed by atoms with E-state index in [-0.39, 0.29) is 92.6 Å². The number of nitrogens with zero attached hydrogens (tertiary/aromatic N) is 4. The van der Waals surface area contributed by atoms with Crippen molar-refractivity contribution in [1.82, 2.24) is 42.1 Å². The normalized spacial score (nSPS) is 14.6. The predicted octanol–water partition coefficient (Wildman–Crippen LogP) is 1.52. The molecule has 5 rings (SSSR count). The molecule has 0 radical (unpaired) electrons. The number of benzene rings is 4. The van der Waals surface area contributed by atoms with E-state index in [2.05, 4.69) is 47.4 Å². The van der Waals surface area contributed by atoms with Crippen LogP contribution in [0.4, 0.5) is 17.1 Å². The van der Waals surface area contributed by atoms with Crippen LogP contribution in [0, 0.1) is 5.92 Å². The van der Waals surface area contributed by atoms with Crippen molar-refractivity contribution in [2.24, 2.45) is 39.1 Å². The number of primary amides is 2. The van der Waals surface area contributed by atoms with Crippen LogP contribution < -0.4 is 65.1 Å². The maximum Gasteiger partial charge on any atom is 0.342 e. The highest BCUT2D eigenvalue weighted by Gasteiger charge is 2.37. The Labute approximate surface area is 540 Å². The van der Waals surface area contributed by atoms with Crippen molar-refractivity contribution in [3.8, 4) is 0 Å². The molecule has 1 heterocycles. The van der Waals surface area contributed by atoms with Gasteiger partial charge in [0.25, 0.3) is 5.91 Å². The maximum absolute atomic E-state index is 14.2. The number of hydrogen-bond donors (Lipinski definition) is 11. The molecule has 0 bridgehead atoms. The molecule has 1 saturated heterocycles. The lowest BCUT2D eigenvalue weighted by molar-refractivity contribution is -0.139. The van der Waals surface area contributed by atoms with Gasteiger partial charge in [0.2, 0.25) is 53.2 Å². The zero-order valence-corrected chi connectivity index (χ0v) is 53.9. The average Bonchev–Trinajstić information content (AvgIpc) is 1.27. The summed E-state index contributed by atoms with van der Waals surface area (Å²) in [6.07, 6.45) is 0.358. The van der Waals surface area contributed by atoms with E-state index >= 15 is 0 Å². The van der Waals surface area contributed by atoms with Crippen LogP contribution in [0.25, 0.3) is 10.8 Å². The van der Waals surface area contributed by atoms with Crippen LogP contribution in [0.2, 0.25) is 0 Å². The van der Waals surface area contributed by atoms with Gasteiger partial charge in [-0.25, -0.2) is 0 Å². The van der Waals surface area contributed by atoms with Gasteiger partial charge in [0, 0.05) is 63.1 Å². The summed E-state index contributed by atoms with van der Waals surface area (Å²) < 4.78 is 32.3. The van der Waals surface area contributed by atoms with Crippen LogP contribution in [-0.2, 0) is 68.7 Å². The van der Waals surface area contributed by atoms with Crippen molar-refractivity contribution in [2.45, 2.75) is 145 Å². The Balaban J connectivity index is 1.20. The molecule has 504 valence electrons. The summed E-state index contributed by atoms with van der Waals surface area (Å²) in [6, 6.07) is 15.4. The molecule has 0 aromatic heterocycles. The largest absolute Gasteiger partial charge is 0.378 e. The minimum absolute atomic E-state index is 0.0245. The molecular formula is C63H87N15O14S. The van der Waals surface area contributed by atoms with E-state index in [9.17, 15) is 61.2 Å². The zero-order chi connectivity index (χ0) is 68.4. The summed E-state index contributed by atoms with van der Waals surface area (Å²) in [5, 5.41) is 27.0. The number of azo groups is 1. The highest BCUT2D eigenvalue weighted by Crippen LogP contribution is 2.28. The Morgan fingerprint density at radius 2 is 1.27 bits per heavy atom. The molecule has 15 N–H and O–H groups in total. The second-order valence-electron chi connectivity index (χ2n) is 23.1. The molecule has 30 heteroatoms. The number of rotatable bonds is 37. The zero-order valence-electron chi connectivity index (χ0n) is 53.1. The predicted molar refractivity (Wildman–Crippen MR) is 345 cm³/mol. The first kappa shape index (κ1) is 74.3. The third-order valence-corrected chi connectivity index (χ3v) is 16.4. The van der Waals surface area contributed by atoms with Crippen LogP contribution in [0.15, 0.2) is 100 Å². The van der Waals surface area contributed by atoms with Gasteiger partial charge in [-0.1, -0.05) is 44.2 Å². The molecule has 1 aliphatic rings. The van der Waals surface area contributed by atoms with Gasteiger partial charge in [-0.05, 0) is 156 Å². The number of fused-ring (bicyclic) bond motifs is 1. The molecule has 0 saturated carbocycles. The van der Waals surface area contributed by atoms with Gasteiger partial charge in [-0.15, -0.1) is 0 Å². The quantitative estimate of drug-likeness (QED) is 0.0173. The second kappa shape index (κ2) is 36.6. The molecule has 6 atom stereocenters. The molecule has 4 aromatic carbocycles. The van der Waals surface area contributed by atoms with E-state index in [0.717, 1.165) is 11.3 Å². The number of anilines is 1. The van der Waals surface area contributed by atoms with Crippen LogP contribution in [0.5, 0.6) is 0 Å². The number of unbranched alkanes of at least 4 members (excludes halogenated alkanes) is 1. The first-order valence-electron chi connectivity index (χ1n) is 30.8. The fraction of sp³-hybridized carbons (Fsp3) is 0.476. The summed E-state index contributed by atoms with van der Waals surface area (Å²) in [6.45, 7) is 4.90. The fourth-order valence-electron chi connectivity index (χ4n) is 10.1. The number of nitrogens with two attached hydrogens (primary N) is 4. The smallest absolute Gasteiger partial charge is 0.342 e. The number of carbonyl (C=O) groups excluding carboxylic acids is 11. The average molecular weight is 1310 g/mol. The number of amides is 10. The van der Waals surface area contributed by atoms with Gasteiger partial charge >= 0.3 is 16.1 Å². The molecule has 29 nitrogen and oxygen atoms in total. The minimum Gasteiger partial charge on any atom is -0.378 e. The molecule has 1 fully saturated rings. The first-order chi connectivity index (χ1) is 44.2. The van der Waals surface area contributed by atoms with Gasteiger partial charge in [0.15, 0.2) is 0 Å². The van der Waals surface area contributed by atoms with E-state index in [1.165, 1.54) is 30.0 Å². The van der Waals surface area contributed by atoms with Crippen molar-refractivity contribution in [1.29, 1.82) is 0 Å². The molecule has 93 heavy (non-hydrogen) atoms. The van der Waals surface area contributed by atoms with E-state index < -0.39 is 119 Å². The standard InChI is InChI=1S/C63H87N15O14S/c1-38(2)36-50(62(88)73-49(61(87)70-39(3)58(84)72-47(57(67)83)15-6-7-32-64)28-30-56(82)92-93(90,91)52-17-9-13-45-40(31-33-65)12-8-14-46(45)52)71-54(80)37-69-60(86)48(27-29-53(66)79)74-63(89)51-16-11-35-78(51)55(81)18-10-34-68-59(85)41-19-21-42(22-20-41)75-76-43-23-25-44(26-24-43)77(4)5/h8-9,12-14,17,19-26,38-39,47-51H,6-7,10-11,15-16,18,27-37,64-65H2,1-5H3,(H2,66,79)(H2,67,83)(H,68,85)(H,69,86)(H,70,87)(H,71,80)(H,72,84)(H,73,88)(H,74,89)/t39-,47-,48-,49-,50-,51-/m0/s1. The monoisotopic (exact) mass is 1310 g/mol. The van der Waals surface area contributed by atoms with Gasteiger partial charge in [-0.3, -0.25) is 52.7 Å². The second-order valence-corrected chi connectivity index (χ2v) is 24.6. The number of likely N-dealkylation sites (tertiary alicyclic amines) is 1. The van der Waals surface area contributed by atoms with Crippen molar-refractivity contribution in [3.63, 3.8) is 0 Å². The number of hydrogen-bond acceptors (Lipinski definition) is 19. The van der Waals surface area contributed by atoms with E-state index in [4.69, 9.17) is 27.1 Å².